The van der Waals surface area contributed by atoms with Gasteiger partial charge in [-0.05, 0) is 25.8 Å². The summed E-state index contributed by atoms with van der Waals surface area (Å²) >= 11 is 1.73. The number of rotatable bonds is 5. The van der Waals surface area contributed by atoms with Crippen LogP contribution in [0.1, 0.15) is 41.6 Å². The lowest BCUT2D eigenvalue weighted by molar-refractivity contribution is 0.193. The van der Waals surface area contributed by atoms with Crippen LogP contribution in [-0.4, -0.2) is 38.4 Å². The third-order valence-electron chi connectivity index (χ3n) is 4.17. The van der Waals surface area contributed by atoms with Gasteiger partial charge >= 0.3 is 0 Å². The number of aryl methyl sites for hydroxylation is 2. The Balaban J connectivity index is 1.53. The summed E-state index contributed by atoms with van der Waals surface area (Å²) in [5.74, 6) is 3.60. The maximum atomic E-state index is 5.40. The molecule has 1 fully saturated rings. The van der Waals surface area contributed by atoms with Crippen LogP contribution < -0.4 is 5.32 Å². The van der Waals surface area contributed by atoms with Gasteiger partial charge in [0.25, 0.3) is 0 Å². The first-order chi connectivity index (χ1) is 11.7. The lowest BCUT2D eigenvalue weighted by Crippen LogP contribution is -2.05. The molecule has 4 heterocycles. The minimum Gasteiger partial charge on any atom is -0.381 e. The molecule has 7 nitrogen and oxygen atoms in total. The second-order valence-electron chi connectivity index (χ2n) is 5.96. The zero-order chi connectivity index (χ0) is 16.5. The Kier molecular flexibility index (Phi) is 4.15. The summed E-state index contributed by atoms with van der Waals surface area (Å²) in [4.78, 5) is 16.0. The van der Waals surface area contributed by atoms with Crippen LogP contribution in [0.3, 0.4) is 0 Å². The van der Waals surface area contributed by atoms with Crippen LogP contribution in [0.4, 0.5) is 5.82 Å². The normalized spacial score (nSPS) is 17.7. The van der Waals surface area contributed by atoms with Gasteiger partial charge in [0.1, 0.15) is 22.3 Å². The van der Waals surface area contributed by atoms with Gasteiger partial charge in [0, 0.05) is 17.4 Å². The molecule has 0 bridgehead atoms. The SMILES string of the molecule is CCc1cc2c(NCc3nc(C4CCOC4)n[nH]3)nc(C)nc2s1. The standard InChI is InChI=1S/C16H20N6OS/c1-3-11-6-12-15(18-9(2)19-16(12)24-11)17-7-13-20-14(22-21-13)10-4-5-23-8-10/h6,10H,3-5,7-8H2,1-2H3,(H,17,18,19)(H,20,21,22). The van der Waals surface area contributed by atoms with E-state index in [0.29, 0.717) is 19.1 Å². The van der Waals surface area contributed by atoms with Crippen molar-refractivity contribution in [1.82, 2.24) is 25.1 Å². The first kappa shape index (κ1) is 15.5. The molecule has 2 N–H and O–H groups in total. The van der Waals surface area contributed by atoms with Crippen molar-refractivity contribution in [2.45, 2.75) is 39.2 Å². The van der Waals surface area contributed by atoms with E-state index in [1.807, 2.05) is 6.92 Å². The highest BCUT2D eigenvalue weighted by molar-refractivity contribution is 7.18. The average Bonchev–Trinajstić information content (AvgIpc) is 3.30. The molecule has 24 heavy (non-hydrogen) atoms. The molecule has 1 atom stereocenters. The molecule has 3 aromatic heterocycles. The first-order valence-electron chi connectivity index (χ1n) is 8.22. The summed E-state index contributed by atoms with van der Waals surface area (Å²) in [6, 6.07) is 2.17. The molecule has 0 aliphatic carbocycles. The Morgan fingerprint density at radius 1 is 1.38 bits per heavy atom. The molecule has 0 amide bonds. The van der Waals surface area contributed by atoms with Gasteiger partial charge in [-0.2, -0.15) is 5.10 Å². The summed E-state index contributed by atoms with van der Waals surface area (Å²) < 4.78 is 5.40. The second-order valence-corrected chi connectivity index (χ2v) is 7.07. The van der Waals surface area contributed by atoms with E-state index in [1.165, 1.54) is 4.88 Å². The highest BCUT2D eigenvalue weighted by atomic mass is 32.1. The van der Waals surface area contributed by atoms with E-state index in [-0.39, 0.29) is 0 Å². The highest BCUT2D eigenvalue weighted by Gasteiger charge is 2.22. The van der Waals surface area contributed by atoms with Crippen LogP contribution >= 0.6 is 11.3 Å². The van der Waals surface area contributed by atoms with Crippen LogP contribution in [0.25, 0.3) is 10.2 Å². The fraction of sp³-hybridized carbons (Fsp3) is 0.500. The van der Waals surface area contributed by atoms with Crippen molar-refractivity contribution in [3.8, 4) is 0 Å². The molecule has 0 spiro atoms. The monoisotopic (exact) mass is 344 g/mol. The number of thiophene rings is 1. The third-order valence-corrected chi connectivity index (χ3v) is 5.34. The topological polar surface area (TPSA) is 88.6 Å². The molecular weight excluding hydrogens is 324 g/mol. The molecule has 1 aliphatic heterocycles. The molecule has 126 valence electrons. The number of ether oxygens (including phenoxy) is 1. The Labute approximate surface area is 143 Å². The summed E-state index contributed by atoms with van der Waals surface area (Å²) in [6.07, 6.45) is 2.00. The van der Waals surface area contributed by atoms with Gasteiger partial charge in [0.15, 0.2) is 5.82 Å². The van der Waals surface area contributed by atoms with Crippen molar-refractivity contribution < 1.29 is 4.74 Å². The number of nitrogens with zero attached hydrogens (tertiary/aromatic N) is 4. The van der Waals surface area contributed by atoms with E-state index in [2.05, 4.69) is 43.5 Å². The van der Waals surface area contributed by atoms with Crippen LogP contribution in [0.5, 0.6) is 0 Å². The maximum absolute atomic E-state index is 5.40. The molecule has 1 unspecified atom stereocenters. The smallest absolute Gasteiger partial charge is 0.156 e. The maximum Gasteiger partial charge on any atom is 0.156 e. The number of aromatic nitrogens is 5. The number of H-pyrrole nitrogens is 1. The Morgan fingerprint density at radius 2 is 2.29 bits per heavy atom. The quantitative estimate of drug-likeness (QED) is 0.740. The van der Waals surface area contributed by atoms with Crippen LogP contribution in [-0.2, 0) is 17.7 Å². The Bertz CT molecular complexity index is 851. The lowest BCUT2D eigenvalue weighted by Gasteiger charge is -2.05. The number of hydrogen-bond donors (Lipinski definition) is 2. The zero-order valence-electron chi connectivity index (χ0n) is 13.8. The minimum absolute atomic E-state index is 0.312. The summed E-state index contributed by atoms with van der Waals surface area (Å²) in [6.45, 7) is 6.14. The number of anilines is 1. The fourth-order valence-corrected chi connectivity index (χ4v) is 3.88. The number of aromatic amines is 1. The fourth-order valence-electron chi connectivity index (χ4n) is 2.86. The number of hydrogen-bond acceptors (Lipinski definition) is 7. The van der Waals surface area contributed by atoms with Crippen molar-refractivity contribution in [3.63, 3.8) is 0 Å². The molecule has 1 aliphatic rings. The molecule has 0 saturated carbocycles. The summed E-state index contributed by atoms with van der Waals surface area (Å²) in [7, 11) is 0. The Hall–Kier alpha value is -2.06. The molecular formula is C16H20N6OS. The van der Waals surface area contributed by atoms with Crippen molar-refractivity contribution >= 4 is 27.4 Å². The summed E-state index contributed by atoms with van der Waals surface area (Å²) in [5, 5.41) is 11.8. The van der Waals surface area contributed by atoms with Crippen molar-refractivity contribution in [2.75, 3.05) is 18.5 Å². The number of nitrogens with one attached hydrogen (secondary N) is 2. The van der Waals surface area contributed by atoms with E-state index in [0.717, 1.165) is 53.0 Å². The van der Waals surface area contributed by atoms with Crippen LogP contribution in [0.15, 0.2) is 6.07 Å². The van der Waals surface area contributed by atoms with Crippen LogP contribution in [0.2, 0.25) is 0 Å². The van der Waals surface area contributed by atoms with Gasteiger partial charge in [0.05, 0.1) is 18.5 Å². The largest absolute Gasteiger partial charge is 0.381 e. The Morgan fingerprint density at radius 3 is 3.08 bits per heavy atom. The van der Waals surface area contributed by atoms with Crippen LogP contribution in [0, 0.1) is 6.92 Å². The molecule has 8 heteroatoms. The van der Waals surface area contributed by atoms with E-state index in [9.17, 15) is 0 Å². The van der Waals surface area contributed by atoms with Crippen molar-refractivity contribution in [3.05, 3.63) is 28.4 Å². The first-order valence-corrected chi connectivity index (χ1v) is 9.04. The lowest BCUT2D eigenvalue weighted by atomic mass is 10.1. The van der Waals surface area contributed by atoms with E-state index in [1.54, 1.807) is 11.3 Å². The minimum atomic E-state index is 0.312. The predicted octanol–water partition coefficient (Wildman–Crippen LogP) is 2.80. The molecule has 3 aromatic rings. The molecule has 0 aromatic carbocycles. The molecule has 1 saturated heterocycles. The van der Waals surface area contributed by atoms with Gasteiger partial charge in [-0.3, -0.25) is 5.10 Å². The van der Waals surface area contributed by atoms with E-state index < -0.39 is 0 Å². The van der Waals surface area contributed by atoms with Gasteiger partial charge in [-0.25, -0.2) is 15.0 Å². The highest BCUT2D eigenvalue weighted by Crippen LogP contribution is 2.29. The summed E-state index contributed by atoms with van der Waals surface area (Å²) in [5.41, 5.74) is 0. The second kappa shape index (κ2) is 6.45. The van der Waals surface area contributed by atoms with Gasteiger partial charge in [-0.1, -0.05) is 6.92 Å². The molecule has 4 rings (SSSR count). The van der Waals surface area contributed by atoms with Gasteiger partial charge in [0.2, 0.25) is 0 Å². The predicted molar refractivity (Wildman–Crippen MR) is 93.4 cm³/mol. The third kappa shape index (κ3) is 2.99. The van der Waals surface area contributed by atoms with Crippen molar-refractivity contribution in [2.24, 2.45) is 0 Å². The van der Waals surface area contributed by atoms with Gasteiger partial charge in [-0.15, -0.1) is 11.3 Å². The van der Waals surface area contributed by atoms with E-state index >= 15 is 0 Å². The zero-order valence-corrected chi connectivity index (χ0v) is 14.6. The van der Waals surface area contributed by atoms with Crippen molar-refractivity contribution in [1.29, 1.82) is 0 Å². The number of fused-ring (bicyclic) bond motifs is 1. The molecule has 0 radical (unpaired) electrons. The average molecular weight is 344 g/mol. The van der Waals surface area contributed by atoms with E-state index in [4.69, 9.17) is 4.74 Å². The van der Waals surface area contributed by atoms with Gasteiger partial charge < -0.3 is 10.1 Å².